The number of hydrogen-bond donors (Lipinski definition) is 0. The van der Waals surface area contributed by atoms with Gasteiger partial charge in [-0.2, -0.15) is 0 Å². The van der Waals surface area contributed by atoms with Crippen LogP contribution in [-0.2, 0) is 28.6 Å². The van der Waals surface area contributed by atoms with Gasteiger partial charge in [0.1, 0.15) is 13.2 Å². The van der Waals surface area contributed by atoms with Crippen LogP contribution < -0.4 is 0 Å². The number of carbonyl (C=O) groups excluding carboxylic acids is 3. The van der Waals surface area contributed by atoms with Crippen molar-refractivity contribution in [2.75, 3.05) is 13.2 Å². The zero-order valence-corrected chi connectivity index (χ0v) is 44.1. The van der Waals surface area contributed by atoms with Crippen LogP contribution in [0.4, 0.5) is 0 Å². The van der Waals surface area contributed by atoms with Crippen LogP contribution in [0.2, 0.25) is 0 Å². The van der Waals surface area contributed by atoms with Crippen LogP contribution in [0.5, 0.6) is 0 Å². The second-order valence-electron chi connectivity index (χ2n) is 18.1. The molecule has 0 spiro atoms. The molecule has 68 heavy (non-hydrogen) atoms. The summed E-state index contributed by atoms with van der Waals surface area (Å²) in [6, 6.07) is 0. The number of unbranched alkanes of at least 4 members (excludes halogenated alkanes) is 20. The zero-order valence-electron chi connectivity index (χ0n) is 44.1. The highest BCUT2D eigenvalue weighted by Crippen LogP contribution is 2.14. The highest BCUT2D eigenvalue weighted by Gasteiger charge is 2.19. The molecule has 0 aliphatic heterocycles. The van der Waals surface area contributed by atoms with Crippen molar-refractivity contribution >= 4 is 17.9 Å². The Morgan fingerprint density at radius 1 is 0.309 bits per heavy atom. The molecule has 0 aromatic rings. The van der Waals surface area contributed by atoms with Crippen molar-refractivity contribution in [1.29, 1.82) is 0 Å². The molecule has 0 saturated carbocycles. The van der Waals surface area contributed by atoms with Crippen LogP contribution in [-0.4, -0.2) is 37.2 Å². The van der Waals surface area contributed by atoms with E-state index in [2.05, 4.69) is 130 Å². The van der Waals surface area contributed by atoms with Crippen molar-refractivity contribution < 1.29 is 28.6 Å². The van der Waals surface area contributed by atoms with E-state index in [-0.39, 0.29) is 37.5 Å². The number of esters is 3. The molecule has 0 fully saturated rings. The SMILES string of the molecule is CC/C=C\C/C=C\C/C=C\C/C=C\C/C=C\CCCCCC(=O)O[C@H](COC(=O)CCCCC/C=C\C/C=C\C/C=C\C/C=C\CCCCC)COC(=O)CCCCCCCCCCCCCC. The van der Waals surface area contributed by atoms with Gasteiger partial charge in [-0.1, -0.05) is 226 Å². The van der Waals surface area contributed by atoms with Gasteiger partial charge < -0.3 is 14.2 Å². The Bertz CT molecular complexity index is 1410. The summed E-state index contributed by atoms with van der Waals surface area (Å²) < 4.78 is 16.8. The normalized spacial score (nSPS) is 12.9. The summed E-state index contributed by atoms with van der Waals surface area (Å²) in [5.74, 6) is -0.968. The number of allylic oxidation sites excluding steroid dienone is 18. The predicted molar refractivity (Wildman–Crippen MR) is 293 cm³/mol. The third kappa shape index (κ3) is 53.0. The Hall–Kier alpha value is -3.93. The van der Waals surface area contributed by atoms with Gasteiger partial charge in [-0.3, -0.25) is 14.4 Å². The van der Waals surface area contributed by atoms with E-state index in [1.165, 1.54) is 83.5 Å². The maximum atomic E-state index is 12.8. The first kappa shape index (κ1) is 64.1. The second kappa shape index (κ2) is 55.7. The topological polar surface area (TPSA) is 78.9 Å². The lowest BCUT2D eigenvalue weighted by atomic mass is 10.0. The molecule has 0 heterocycles. The van der Waals surface area contributed by atoms with Crippen LogP contribution in [0.3, 0.4) is 0 Å². The second-order valence-corrected chi connectivity index (χ2v) is 18.1. The number of carbonyl (C=O) groups is 3. The summed E-state index contributed by atoms with van der Waals surface area (Å²) in [4.78, 5) is 38.1. The van der Waals surface area contributed by atoms with Crippen molar-refractivity contribution in [3.8, 4) is 0 Å². The molecule has 0 aliphatic carbocycles. The van der Waals surface area contributed by atoms with E-state index < -0.39 is 6.10 Å². The minimum Gasteiger partial charge on any atom is -0.462 e. The highest BCUT2D eigenvalue weighted by molar-refractivity contribution is 5.71. The van der Waals surface area contributed by atoms with Crippen molar-refractivity contribution in [3.63, 3.8) is 0 Å². The van der Waals surface area contributed by atoms with E-state index in [0.717, 1.165) is 122 Å². The molecule has 1 atom stereocenters. The van der Waals surface area contributed by atoms with Crippen LogP contribution >= 0.6 is 0 Å². The van der Waals surface area contributed by atoms with Crippen molar-refractivity contribution in [2.45, 2.75) is 252 Å². The first-order chi connectivity index (χ1) is 33.5. The molecule has 6 heteroatoms. The molecule has 6 nitrogen and oxygen atoms in total. The average Bonchev–Trinajstić information content (AvgIpc) is 3.34. The van der Waals surface area contributed by atoms with E-state index >= 15 is 0 Å². The van der Waals surface area contributed by atoms with E-state index in [4.69, 9.17) is 14.2 Å². The van der Waals surface area contributed by atoms with Gasteiger partial charge in [0.2, 0.25) is 0 Å². The van der Waals surface area contributed by atoms with Gasteiger partial charge in [0.15, 0.2) is 6.10 Å². The molecule has 0 aromatic carbocycles. The van der Waals surface area contributed by atoms with E-state index in [1.54, 1.807) is 0 Å². The fraction of sp³-hybridized carbons (Fsp3) is 0.661. The van der Waals surface area contributed by atoms with Crippen molar-refractivity contribution in [2.24, 2.45) is 0 Å². The molecular formula is C62H102O6. The maximum Gasteiger partial charge on any atom is 0.306 e. The molecule has 0 rings (SSSR count). The summed E-state index contributed by atoms with van der Waals surface area (Å²) in [6.45, 7) is 6.44. The van der Waals surface area contributed by atoms with Crippen LogP contribution in [0.15, 0.2) is 109 Å². The molecular weight excluding hydrogens is 841 g/mol. The first-order valence-electron chi connectivity index (χ1n) is 27.9. The summed E-state index contributed by atoms with van der Waals surface area (Å²) in [6.07, 6.45) is 75.0. The third-order valence-corrected chi connectivity index (χ3v) is 11.5. The van der Waals surface area contributed by atoms with Crippen LogP contribution in [0, 0.1) is 0 Å². The van der Waals surface area contributed by atoms with Gasteiger partial charge in [0.05, 0.1) is 0 Å². The van der Waals surface area contributed by atoms with Gasteiger partial charge in [-0.15, -0.1) is 0 Å². The van der Waals surface area contributed by atoms with Gasteiger partial charge in [-0.25, -0.2) is 0 Å². The molecule has 386 valence electrons. The smallest absolute Gasteiger partial charge is 0.306 e. The number of rotatable bonds is 49. The number of ether oxygens (including phenoxy) is 3. The first-order valence-corrected chi connectivity index (χ1v) is 27.9. The molecule has 0 bridgehead atoms. The van der Waals surface area contributed by atoms with Crippen molar-refractivity contribution in [1.82, 2.24) is 0 Å². The Labute approximate surface area is 419 Å². The Kier molecular flexibility index (Phi) is 52.4. The minimum atomic E-state index is -0.809. The lowest BCUT2D eigenvalue weighted by Crippen LogP contribution is -2.30. The molecule has 0 aliphatic rings. The van der Waals surface area contributed by atoms with Crippen LogP contribution in [0.25, 0.3) is 0 Å². The molecule has 0 aromatic heterocycles. The Morgan fingerprint density at radius 2 is 0.574 bits per heavy atom. The molecule has 0 N–H and O–H groups in total. The van der Waals surface area contributed by atoms with Gasteiger partial charge in [-0.05, 0) is 109 Å². The summed E-state index contributed by atoms with van der Waals surface area (Å²) in [7, 11) is 0. The van der Waals surface area contributed by atoms with Crippen LogP contribution in [0.1, 0.15) is 245 Å². The van der Waals surface area contributed by atoms with E-state index in [1.807, 2.05) is 0 Å². The quantitative estimate of drug-likeness (QED) is 0.0262. The summed E-state index contributed by atoms with van der Waals surface area (Å²) in [5, 5.41) is 0. The van der Waals surface area contributed by atoms with Crippen molar-refractivity contribution in [3.05, 3.63) is 109 Å². The van der Waals surface area contributed by atoms with Gasteiger partial charge >= 0.3 is 17.9 Å². The van der Waals surface area contributed by atoms with E-state index in [0.29, 0.717) is 12.8 Å². The maximum absolute atomic E-state index is 12.8. The summed E-state index contributed by atoms with van der Waals surface area (Å²) in [5.41, 5.74) is 0. The zero-order chi connectivity index (χ0) is 49.3. The number of hydrogen-bond acceptors (Lipinski definition) is 6. The molecule has 0 amide bonds. The lowest BCUT2D eigenvalue weighted by Gasteiger charge is -2.18. The average molecular weight is 943 g/mol. The fourth-order valence-electron chi connectivity index (χ4n) is 7.33. The largest absolute Gasteiger partial charge is 0.462 e. The molecule has 0 unspecified atom stereocenters. The standard InChI is InChI=1S/C62H102O6/c1-4-7-10-13-16-19-22-25-27-29-31-33-35-37-40-43-46-49-52-55-61(64)67-58-59(57-66-60(63)54-51-48-45-42-39-24-21-18-15-12-9-6-3)68-62(65)56-53-50-47-44-41-38-36-34-32-30-28-26-23-20-17-14-11-8-5-2/h8,11,16-17,19-20,25-28,31-34,37-38,40-41,59H,4-7,9-10,12-15,18,21-24,29-30,35-36,39,42-58H2,1-3H3/b11-8-,19-16-,20-17-,27-25-,28-26-,33-31-,34-32-,40-37-,41-38-/t59-/m0/s1. The Morgan fingerprint density at radius 3 is 0.926 bits per heavy atom. The van der Waals surface area contributed by atoms with E-state index in [9.17, 15) is 14.4 Å². The predicted octanol–water partition coefficient (Wildman–Crippen LogP) is 18.7. The third-order valence-electron chi connectivity index (χ3n) is 11.5. The monoisotopic (exact) mass is 943 g/mol. The molecule has 0 radical (unpaired) electrons. The van der Waals surface area contributed by atoms with Gasteiger partial charge in [0.25, 0.3) is 0 Å². The van der Waals surface area contributed by atoms with Gasteiger partial charge in [0, 0.05) is 19.3 Å². The minimum absolute atomic E-state index is 0.102. The summed E-state index contributed by atoms with van der Waals surface area (Å²) >= 11 is 0. The Balaban J connectivity index is 4.51. The lowest BCUT2D eigenvalue weighted by molar-refractivity contribution is -0.167. The fourth-order valence-corrected chi connectivity index (χ4v) is 7.33. The molecule has 0 saturated heterocycles. The highest BCUT2D eigenvalue weighted by atomic mass is 16.6.